The van der Waals surface area contributed by atoms with Crippen molar-refractivity contribution in [1.29, 1.82) is 0 Å². The molecule has 0 saturated carbocycles. The lowest BCUT2D eigenvalue weighted by molar-refractivity contribution is 0.571. The molecule has 18 heavy (non-hydrogen) atoms. The van der Waals surface area contributed by atoms with Crippen molar-refractivity contribution in [3.63, 3.8) is 0 Å². The Kier molecular flexibility index (Phi) is 4.34. The molecule has 3 heteroatoms. The van der Waals surface area contributed by atoms with Crippen molar-refractivity contribution in [2.24, 2.45) is 0 Å². The Hall–Kier alpha value is -1.38. The molecule has 1 atom stereocenters. The Morgan fingerprint density at radius 1 is 1.17 bits per heavy atom. The third-order valence-corrected chi connectivity index (χ3v) is 3.19. The Labute approximate surface area is 112 Å². The summed E-state index contributed by atoms with van der Waals surface area (Å²) in [6, 6.07) is 15.1. The van der Waals surface area contributed by atoms with Crippen molar-refractivity contribution >= 4 is 11.6 Å². The van der Waals surface area contributed by atoms with Crippen molar-refractivity contribution in [2.75, 3.05) is 0 Å². The van der Waals surface area contributed by atoms with E-state index in [1.165, 1.54) is 11.6 Å². The molecule has 0 amide bonds. The van der Waals surface area contributed by atoms with Crippen molar-refractivity contribution < 1.29 is 4.39 Å². The van der Waals surface area contributed by atoms with Crippen LogP contribution in [0.5, 0.6) is 0 Å². The maximum absolute atomic E-state index is 13.1. The van der Waals surface area contributed by atoms with Gasteiger partial charge in [-0.2, -0.15) is 0 Å². The van der Waals surface area contributed by atoms with Crippen molar-refractivity contribution in [3.8, 4) is 0 Å². The minimum absolute atomic E-state index is 0.128. The minimum atomic E-state index is -0.379. The van der Waals surface area contributed by atoms with Crippen LogP contribution in [0.15, 0.2) is 48.5 Å². The van der Waals surface area contributed by atoms with E-state index in [0.29, 0.717) is 0 Å². The van der Waals surface area contributed by atoms with E-state index in [9.17, 15) is 4.39 Å². The fraction of sp³-hybridized carbons (Fsp3) is 0.200. The number of benzene rings is 2. The van der Waals surface area contributed by atoms with Crippen molar-refractivity contribution in [1.82, 2.24) is 5.32 Å². The first kappa shape index (κ1) is 13.1. The molecule has 94 valence electrons. The molecule has 2 aromatic rings. The molecule has 0 saturated heterocycles. The third kappa shape index (κ3) is 3.31. The van der Waals surface area contributed by atoms with Crippen LogP contribution in [-0.2, 0) is 6.54 Å². The maximum Gasteiger partial charge on any atom is 0.141 e. The van der Waals surface area contributed by atoms with Gasteiger partial charge in [0.15, 0.2) is 0 Å². The number of nitrogens with one attached hydrogen (secondary N) is 1. The molecule has 0 heterocycles. The van der Waals surface area contributed by atoms with E-state index < -0.39 is 0 Å². The molecule has 0 bridgehead atoms. The van der Waals surface area contributed by atoms with Gasteiger partial charge in [-0.1, -0.05) is 48.0 Å². The van der Waals surface area contributed by atoms with Gasteiger partial charge in [-0.3, -0.25) is 0 Å². The van der Waals surface area contributed by atoms with Gasteiger partial charge < -0.3 is 5.32 Å². The van der Waals surface area contributed by atoms with Crippen LogP contribution < -0.4 is 5.32 Å². The quantitative estimate of drug-likeness (QED) is 0.866. The lowest BCUT2D eigenvalue weighted by atomic mass is 10.1. The van der Waals surface area contributed by atoms with Gasteiger partial charge in [0.2, 0.25) is 0 Å². The minimum Gasteiger partial charge on any atom is -0.306 e. The van der Waals surface area contributed by atoms with Gasteiger partial charge in [-0.25, -0.2) is 4.39 Å². The molecule has 1 nitrogen and oxygen atoms in total. The molecule has 1 N–H and O–H groups in total. The van der Waals surface area contributed by atoms with Gasteiger partial charge >= 0.3 is 0 Å². The van der Waals surface area contributed by atoms with Crippen LogP contribution >= 0.6 is 11.6 Å². The number of rotatable bonds is 4. The fourth-order valence-corrected chi connectivity index (χ4v) is 1.96. The molecule has 0 aromatic heterocycles. The summed E-state index contributed by atoms with van der Waals surface area (Å²) in [7, 11) is 0. The molecule has 2 aromatic carbocycles. The fourth-order valence-electron chi connectivity index (χ4n) is 1.77. The number of hydrogen-bond donors (Lipinski definition) is 1. The largest absolute Gasteiger partial charge is 0.306 e. The van der Waals surface area contributed by atoms with Gasteiger partial charge in [0, 0.05) is 12.6 Å². The van der Waals surface area contributed by atoms with Crippen LogP contribution in [0, 0.1) is 5.82 Å². The second kappa shape index (κ2) is 5.98. The van der Waals surface area contributed by atoms with Crippen LogP contribution in [0.2, 0.25) is 5.02 Å². The first-order chi connectivity index (χ1) is 8.66. The number of hydrogen-bond acceptors (Lipinski definition) is 1. The molecule has 0 fully saturated rings. The van der Waals surface area contributed by atoms with E-state index in [4.69, 9.17) is 11.6 Å². The standard InChI is InChI=1S/C15H15ClFN/c1-11(13-7-8-15(17)14(16)9-13)18-10-12-5-3-2-4-6-12/h2-9,11,18H,10H2,1H3. The summed E-state index contributed by atoms with van der Waals surface area (Å²) in [4.78, 5) is 0. The van der Waals surface area contributed by atoms with Crippen LogP contribution in [0.4, 0.5) is 4.39 Å². The first-order valence-electron chi connectivity index (χ1n) is 5.89. The van der Waals surface area contributed by atoms with Gasteiger partial charge in [-0.15, -0.1) is 0 Å². The summed E-state index contributed by atoms with van der Waals surface area (Å²) in [6.07, 6.45) is 0. The highest BCUT2D eigenvalue weighted by Crippen LogP contribution is 2.20. The van der Waals surface area contributed by atoms with Gasteiger partial charge in [0.25, 0.3) is 0 Å². The van der Waals surface area contributed by atoms with Gasteiger partial charge in [-0.05, 0) is 30.2 Å². The molecule has 2 rings (SSSR count). The summed E-state index contributed by atoms with van der Waals surface area (Å²) in [5, 5.41) is 3.55. The Morgan fingerprint density at radius 2 is 1.89 bits per heavy atom. The van der Waals surface area contributed by atoms with E-state index in [1.807, 2.05) is 25.1 Å². The normalized spacial score (nSPS) is 12.4. The predicted molar refractivity (Wildman–Crippen MR) is 73.1 cm³/mol. The topological polar surface area (TPSA) is 12.0 Å². The molecule has 0 aliphatic heterocycles. The second-order valence-corrected chi connectivity index (χ2v) is 4.67. The third-order valence-electron chi connectivity index (χ3n) is 2.90. The van der Waals surface area contributed by atoms with Crippen molar-refractivity contribution in [2.45, 2.75) is 19.5 Å². The summed E-state index contributed by atoms with van der Waals surface area (Å²) >= 11 is 5.77. The van der Waals surface area contributed by atoms with Crippen molar-refractivity contribution in [3.05, 3.63) is 70.5 Å². The highest BCUT2D eigenvalue weighted by Gasteiger charge is 2.07. The highest BCUT2D eigenvalue weighted by atomic mass is 35.5. The summed E-state index contributed by atoms with van der Waals surface area (Å²) in [5.74, 6) is -0.379. The Balaban J connectivity index is 1.99. The van der Waals surface area contributed by atoms with Crippen LogP contribution in [-0.4, -0.2) is 0 Å². The van der Waals surface area contributed by atoms with E-state index in [2.05, 4.69) is 17.4 Å². The van der Waals surface area contributed by atoms with E-state index in [-0.39, 0.29) is 16.9 Å². The summed E-state index contributed by atoms with van der Waals surface area (Å²) in [6.45, 7) is 2.81. The zero-order valence-corrected chi connectivity index (χ0v) is 10.9. The maximum atomic E-state index is 13.1. The summed E-state index contributed by atoms with van der Waals surface area (Å²) < 4.78 is 13.1. The van der Waals surface area contributed by atoms with E-state index >= 15 is 0 Å². The molecular formula is C15H15ClFN. The molecule has 0 radical (unpaired) electrons. The summed E-state index contributed by atoms with van der Waals surface area (Å²) in [5.41, 5.74) is 2.20. The first-order valence-corrected chi connectivity index (χ1v) is 6.27. The lowest BCUT2D eigenvalue weighted by Gasteiger charge is -2.14. The second-order valence-electron chi connectivity index (χ2n) is 4.26. The van der Waals surface area contributed by atoms with E-state index in [0.717, 1.165) is 12.1 Å². The average Bonchev–Trinajstić information content (AvgIpc) is 2.40. The Morgan fingerprint density at radius 3 is 2.56 bits per heavy atom. The molecule has 1 unspecified atom stereocenters. The zero-order chi connectivity index (χ0) is 13.0. The molecular weight excluding hydrogens is 249 g/mol. The van der Waals surface area contributed by atoms with Crippen LogP contribution in [0.1, 0.15) is 24.1 Å². The average molecular weight is 264 g/mol. The molecule has 0 spiro atoms. The molecule has 0 aliphatic rings. The van der Waals surface area contributed by atoms with Crippen LogP contribution in [0.25, 0.3) is 0 Å². The van der Waals surface area contributed by atoms with E-state index in [1.54, 1.807) is 12.1 Å². The predicted octanol–water partition coefficient (Wildman–Crippen LogP) is 4.33. The highest BCUT2D eigenvalue weighted by molar-refractivity contribution is 6.30. The van der Waals surface area contributed by atoms with Crippen LogP contribution in [0.3, 0.4) is 0 Å². The monoisotopic (exact) mass is 263 g/mol. The smallest absolute Gasteiger partial charge is 0.141 e. The van der Waals surface area contributed by atoms with Gasteiger partial charge in [0.1, 0.15) is 5.82 Å². The molecule has 0 aliphatic carbocycles. The zero-order valence-electron chi connectivity index (χ0n) is 10.2. The SMILES string of the molecule is CC(NCc1ccccc1)c1ccc(F)c(Cl)c1. The number of halogens is 2. The van der Waals surface area contributed by atoms with Gasteiger partial charge in [0.05, 0.1) is 5.02 Å². The Bertz CT molecular complexity index is 513. The lowest BCUT2D eigenvalue weighted by Crippen LogP contribution is -2.18.